The molecule has 1 aromatic heterocycles. The molecular weight excluding hydrogens is 284 g/mol. The zero-order valence-corrected chi connectivity index (χ0v) is 11.2. The quantitative estimate of drug-likeness (QED) is 0.728. The lowest BCUT2D eigenvalue weighted by molar-refractivity contribution is 0.0936. The van der Waals surface area contributed by atoms with E-state index in [0.717, 1.165) is 0 Å². The Morgan fingerprint density at radius 1 is 1.30 bits per heavy atom. The summed E-state index contributed by atoms with van der Waals surface area (Å²) in [6.45, 7) is -0.506. The topological polar surface area (TPSA) is 100 Å². The normalized spacial score (nSPS) is 10.6. The summed E-state index contributed by atoms with van der Waals surface area (Å²) >= 11 is 6.03. The molecule has 1 aromatic carbocycles. The Hall–Kier alpha value is -1.96. The van der Waals surface area contributed by atoms with Gasteiger partial charge in [-0.15, -0.1) is 15.0 Å². The van der Waals surface area contributed by atoms with Gasteiger partial charge in [-0.25, -0.2) is 0 Å². The van der Waals surface area contributed by atoms with Crippen LogP contribution in [0.1, 0.15) is 16.2 Å². The molecule has 2 aromatic rings. The highest BCUT2D eigenvalue weighted by Gasteiger charge is 2.19. The van der Waals surface area contributed by atoms with Crippen molar-refractivity contribution < 1.29 is 15.0 Å². The number of amides is 1. The third kappa shape index (κ3) is 2.96. The van der Waals surface area contributed by atoms with Crippen molar-refractivity contribution >= 4 is 17.5 Å². The van der Waals surface area contributed by atoms with Gasteiger partial charge in [0.2, 0.25) is 0 Å². The number of halogens is 1. The minimum atomic E-state index is -0.513. The molecule has 20 heavy (non-hydrogen) atoms. The van der Waals surface area contributed by atoms with Crippen LogP contribution in [0.4, 0.5) is 0 Å². The molecule has 0 bridgehead atoms. The fraction of sp³-hybridized carbons (Fsp3) is 0.250. The first-order valence-corrected chi connectivity index (χ1v) is 6.26. The number of aliphatic hydroxyl groups is 2. The van der Waals surface area contributed by atoms with Gasteiger partial charge < -0.3 is 15.5 Å². The molecule has 2 rings (SSSR count). The molecule has 0 atom stereocenters. The number of hydrogen-bond donors (Lipinski definition) is 3. The van der Waals surface area contributed by atoms with Gasteiger partial charge in [-0.3, -0.25) is 4.79 Å². The molecule has 0 aliphatic rings. The summed E-state index contributed by atoms with van der Waals surface area (Å²) in [6, 6.07) is 6.88. The zero-order valence-electron chi connectivity index (χ0n) is 10.5. The zero-order chi connectivity index (χ0) is 14.5. The maximum atomic E-state index is 11.8. The van der Waals surface area contributed by atoms with E-state index in [1.165, 1.54) is 4.80 Å². The van der Waals surface area contributed by atoms with Gasteiger partial charge in [0, 0.05) is 6.54 Å². The van der Waals surface area contributed by atoms with E-state index in [-0.39, 0.29) is 24.5 Å². The number of rotatable bonds is 5. The minimum Gasteiger partial charge on any atom is -0.395 e. The third-order valence-electron chi connectivity index (χ3n) is 2.51. The van der Waals surface area contributed by atoms with E-state index < -0.39 is 12.5 Å². The molecule has 3 N–H and O–H groups in total. The highest BCUT2D eigenvalue weighted by atomic mass is 35.5. The van der Waals surface area contributed by atoms with Gasteiger partial charge in [0.05, 0.1) is 18.2 Å². The van der Waals surface area contributed by atoms with E-state index in [1.54, 1.807) is 24.3 Å². The maximum absolute atomic E-state index is 11.8. The summed E-state index contributed by atoms with van der Waals surface area (Å²) in [4.78, 5) is 13.0. The van der Waals surface area contributed by atoms with Crippen LogP contribution in [0.2, 0.25) is 5.02 Å². The van der Waals surface area contributed by atoms with E-state index >= 15 is 0 Å². The SMILES string of the molecule is O=C(NCCO)c1nn(-c2ccccc2Cl)nc1CO. The van der Waals surface area contributed by atoms with E-state index in [4.69, 9.17) is 16.7 Å². The van der Waals surface area contributed by atoms with Gasteiger partial charge in [0.15, 0.2) is 5.69 Å². The number of carbonyl (C=O) groups is 1. The van der Waals surface area contributed by atoms with Crippen LogP contribution in [0, 0.1) is 0 Å². The van der Waals surface area contributed by atoms with Crippen LogP contribution in [0.5, 0.6) is 0 Å². The van der Waals surface area contributed by atoms with Crippen LogP contribution >= 0.6 is 11.6 Å². The lowest BCUT2D eigenvalue weighted by Gasteiger charge is -2.01. The molecule has 1 heterocycles. The number of carbonyl (C=O) groups excluding carboxylic acids is 1. The lowest BCUT2D eigenvalue weighted by Crippen LogP contribution is -2.27. The Bertz CT molecular complexity index is 614. The van der Waals surface area contributed by atoms with Crippen molar-refractivity contribution in [1.82, 2.24) is 20.3 Å². The second-order valence-corrected chi connectivity index (χ2v) is 4.28. The largest absolute Gasteiger partial charge is 0.395 e. The first-order chi connectivity index (χ1) is 9.67. The maximum Gasteiger partial charge on any atom is 0.273 e. The van der Waals surface area contributed by atoms with Crippen molar-refractivity contribution in [3.8, 4) is 5.69 Å². The molecule has 8 heteroatoms. The van der Waals surface area contributed by atoms with E-state index in [0.29, 0.717) is 10.7 Å². The third-order valence-corrected chi connectivity index (χ3v) is 2.83. The number of aromatic nitrogens is 3. The summed E-state index contributed by atoms with van der Waals surface area (Å²) in [5, 5.41) is 28.9. The highest BCUT2D eigenvalue weighted by molar-refractivity contribution is 6.32. The molecule has 7 nitrogen and oxygen atoms in total. The number of para-hydroxylation sites is 1. The second-order valence-electron chi connectivity index (χ2n) is 3.87. The Labute approximate surface area is 119 Å². The van der Waals surface area contributed by atoms with Crippen LogP contribution in [0.15, 0.2) is 24.3 Å². The van der Waals surface area contributed by atoms with Crippen molar-refractivity contribution in [1.29, 1.82) is 0 Å². The molecule has 106 valence electrons. The Kier molecular flexibility index (Phi) is 4.67. The Morgan fingerprint density at radius 3 is 2.70 bits per heavy atom. The van der Waals surface area contributed by atoms with Gasteiger partial charge >= 0.3 is 0 Å². The van der Waals surface area contributed by atoms with Crippen molar-refractivity contribution in [3.05, 3.63) is 40.7 Å². The van der Waals surface area contributed by atoms with E-state index in [2.05, 4.69) is 15.5 Å². The molecule has 0 saturated heterocycles. The molecule has 0 aliphatic heterocycles. The van der Waals surface area contributed by atoms with E-state index in [9.17, 15) is 9.90 Å². The van der Waals surface area contributed by atoms with Crippen LogP contribution in [-0.2, 0) is 6.61 Å². The molecule has 1 amide bonds. The number of nitrogens with one attached hydrogen (secondary N) is 1. The van der Waals surface area contributed by atoms with Gasteiger partial charge in [-0.2, -0.15) is 0 Å². The molecule has 0 unspecified atom stereocenters. The average Bonchev–Trinajstić information content (AvgIpc) is 2.89. The summed E-state index contributed by atoms with van der Waals surface area (Å²) in [5.41, 5.74) is 0.645. The number of aliphatic hydroxyl groups excluding tert-OH is 2. The van der Waals surface area contributed by atoms with Gasteiger partial charge in [0.25, 0.3) is 5.91 Å². The smallest absolute Gasteiger partial charge is 0.273 e. The van der Waals surface area contributed by atoms with Gasteiger partial charge in [-0.05, 0) is 12.1 Å². The summed E-state index contributed by atoms with van der Waals surface area (Å²) in [6.07, 6.45) is 0. The van der Waals surface area contributed by atoms with Crippen molar-refractivity contribution in [3.63, 3.8) is 0 Å². The monoisotopic (exact) mass is 296 g/mol. The summed E-state index contributed by atoms with van der Waals surface area (Å²) in [7, 11) is 0. The fourth-order valence-electron chi connectivity index (χ4n) is 1.59. The first kappa shape index (κ1) is 14.4. The van der Waals surface area contributed by atoms with E-state index in [1.807, 2.05) is 0 Å². The van der Waals surface area contributed by atoms with Crippen molar-refractivity contribution in [2.75, 3.05) is 13.2 Å². The highest BCUT2D eigenvalue weighted by Crippen LogP contribution is 2.19. The van der Waals surface area contributed by atoms with Crippen molar-refractivity contribution in [2.45, 2.75) is 6.61 Å². The predicted octanol–water partition coefficient (Wildman–Crippen LogP) is 0.135. The average molecular weight is 297 g/mol. The molecule has 0 radical (unpaired) electrons. The second kappa shape index (κ2) is 6.47. The summed E-state index contributed by atoms with van der Waals surface area (Å²) in [5.74, 6) is -0.513. The lowest BCUT2D eigenvalue weighted by atomic mass is 10.3. The first-order valence-electron chi connectivity index (χ1n) is 5.88. The van der Waals surface area contributed by atoms with Crippen LogP contribution < -0.4 is 5.32 Å². The Morgan fingerprint density at radius 2 is 2.05 bits per heavy atom. The van der Waals surface area contributed by atoms with Crippen LogP contribution in [0.3, 0.4) is 0 Å². The fourth-order valence-corrected chi connectivity index (χ4v) is 1.81. The van der Waals surface area contributed by atoms with Crippen molar-refractivity contribution in [2.24, 2.45) is 0 Å². The molecular formula is C12H13ClN4O3. The molecule has 0 spiro atoms. The van der Waals surface area contributed by atoms with Gasteiger partial charge in [-0.1, -0.05) is 23.7 Å². The number of benzene rings is 1. The Balaban J connectivity index is 2.36. The van der Waals surface area contributed by atoms with Crippen LogP contribution in [0.25, 0.3) is 5.69 Å². The number of hydrogen-bond acceptors (Lipinski definition) is 5. The minimum absolute atomic E-state index is 0.000805. The summed E-state index contributed by atoms with van der Waals surface area (Å²) < 4.78 is 0. The molecule has 0 saturated carbocycles. The van der Waals surface area contributed by atoms with Gasteiger partial charge in [0.1, 0.15) is 11.4 Å². The van der Waals surface area contributed by atoms with Crippen LogP contribution in [-0.4, -0.2) is 44.3 Å². The molecule has 0 fully saturated rings. The number of nitrogens with zero attached hydrogens (tertiary/aromatic N) is 3. The predicted molar refractivity (Wildman–Crippen MR) is 71.7 cm³/mol. The standard InChI is InChI=1S/C12H13ClN4O3/c13-8-3-1-2-4-10(8)17-15-9(7-19)11(16-17)12(20)14-5-6-18/h1-4,18-19H,5-7H2,(H,14,20). The molecule has 0 aliphatic carbocycles.